The fourth-order valence-corrected chi connectivity index (χ4v) is 12.0. The number of nitrogens with one attached hydrogen (secondary N) is 1. The highest BCUT2D eigenvalue weighted by Gasteiger charge is 2.24. The van der Waals surface area contributed by atoms with Crippen LogP contribution in [0.25, 0.3) is 0 Å². The fraction of sp³-hybridized carbons (Fsp3) is 0.810. The Morgan fingerprint density at radius 3 is 1.01 bits per heavy atom. The lowest BCUT2D eigenvalue weighted by Crippen LogP contribution is -2.46. The standard InChI is InChI=1S/C79H147N2O6P/c1-6-8-10-12-14-16-18-20-22-24-26-28-30-32-34-36-38-39-40-41-43-45-47-49-51-53-55-57-59-61-63-65-67-69-71-73-79(83)80-77(76-87-88(84,85)86-75-74-81(3,4)5)78(82)72-70-68-66-64-62-60-58-56-54-52-50-48-46-44-42-37-35-33-31-29-27-25-23-21-19-17-15-13-11-9-7-2/h8,10,14,16,20,22,26,28,32,34,38-39,41,43,77-78,82H,6-7,9,11-13,15,17-19,21,23-25,27,29-31,33,35-37,40,42,44-76H2,1-5H3,(H-,80,83,84,85)/b10-8-,16-14-,22-20-,28-26-,34-32-,39-38-,43-41-. The lowest BCUT2D eigenvalue weighted by molar-refractivity contribution is -0.870. The molecule has 0 aromatic rings. The molecule has 0 radical (unpaired) electrons. The first-order valence-corrected chi connectivity index (χ1v) is 39.4. The highest BCUT2D eigenvalue weighted by molar-refractivity contribution is 7.45. The van der Waals surface area contributed by atoms with E-state index in [2.05, 4.69) is 104 Å². The smallest absolute Gasteiger partial charge is 0.268 e. The van der Waals surface area contributed by atoms with E-state index in [1.54, 1.807) is 0 Å². The van der Waals surface area contributed by atoms with Crippen LogP contribution in [-0.2, 0) is 18.4 Å². The van der Waals surface area contributed by atoms with E-state index < -0.39 is 20.0 Å². The Morgan fingerprint density at radius 1 is 0.409 bits per heavy atom. The molecule has 0 aliphatic carbocycles. The van der Waals surface area contributed by atoms with Crippen LogP contribution in [0, 0.1) is 0 Å². The predicted octanol–water partition coefficient (Wildman–Crippen LogP) is 24.0. The van der Waals surface area contributed by atoms with Gasteiger partial charge in [0.05, 0.1) is 39.9 Å². The molecule has 88 heavy (non-hydrogen) atoms. The highest BCUT2D eigenvalue weighted by Crippen LogP contribution is 2.38. The number of carbonyl (C=O) groups excluding carboxylic acids is 1. The molecule has 0 saturated heterocycles. The van der Waals surface area contributed by atoms with E-state index in [9.17, 15) is 19.4 Å². The van der Waals surface area contributed by atoms with Crippen molar-refractivity contribution in [2.45, 2.75) is 373 Å². The summed E-state index contributed by atoms with van der Waals surface area (Å²) in [5.74, 6) is -0.163. The zero-order chi connectivity index (χ0) is 64.1. The van der Waals surface area contributed by atoms with Crippen LogP contribution >= 0.6 is 7.82 Å². The van der Waals surface area contributed by atoms with E-state index in [1.165, 1.54) is 250 Å². The quantitative estimate of drug-likeness (QED) is 0.0272. The van der Waals surface area contributed by atoms with Crippen molar-refractivity contribution >= 4 is 13.7 Å². The molecule has 3 atom stereocenters. The number of hydrogen-bond acceptors (Lipinski definition) is 6. The van der Waals surface area contributed by atoms with Crippen LogP contribution < -0.4 is 10.2 Å². The van der Waals surface area contributed by atoms with Crippen LogP contribution in [0.1, 0.15) is 361 Å². The van der Waals surface area contributed by atoms with Gasteiger partial charge in [-0.1, -0.05) is 369 Å². The second-order valence-corrected chi connectivity index (χ2v) is 28.4. The summed E-state index contributed by atoms with van der Waals surface area (Å²) in [4.78, 5) is 25.7. The van der Waals surface area contributed by atoms with Crippen molar-refractivity contribution in [3.63, 3.8) is 0 Å². The maximum absolute atomic E-state index is 13.1. The number of amides is 1. The first kappa shape index (κ1) is 85.7. The topological polar surface area (TPSA) is 108 Å². The molecule has 0 spiro atoms. The summed E-state index contributed by atoms with van der Waals surface area (Å²) in [6.45, 7) is 4.65. The summed E-state index contributed by atoms with van der Waals surface area (Å²) >= 11 is 0. The van der Waals surface area contributed by atoms with E-state index in [1.807, 2.05) is 21.1 Å². The molecule has 0 heterocycles. The molecule has 0 aromatic carbocycles. The van der Waals surface area contributed by atoms with Crippen LogP contribution in [0.4, 0.5) is 0 Å². The van der Waals surface area contributed by atoms with Gasteiger partial charge in [-0.25, -0.2) is 0 Å². The third-order valence-corrected chi connectivity index (χ3v) is 18.1. The number of allylic oxidation sites excluding steroid dienone is 14. The number of quaternary nitrogens is 1. The number of phosphoric acid groups is 1. The van der Waals surface area contributed by atoms with E-state index >= 15 is 0 Å². The van der Waals surface area contributed by atoms with Crippen molar-refractivity contribution in [3.05, 3.63) is 85.1 Å². The summed E-state index contributed by atoms with van der Waals surface area (Å²) in [7, 11) is 1.31. The molecular formula is C79H147N2O6P. The zero-order valence-corrected chi connectivity index (χ0v) is 59.8. The normalized spacial score (nSPS) is 14.0. The lowest BCUT2D eigenvalue weighted by atomic mass is 10.0. The second kappa shape index (κ2) is 69.0. The molecule has 3 unspecified atom stereocenters. The van der Waals surface area contributed by atoms with Gasteiger partial charge in [0.1, 0.15) is 13.2 Å². The average molecular weight is 1250 g/mol. The number of likely N-dealkylation sites (N-methyl/N-ethyl adjacent to an activating group) is 1. The van der Waals surface area contributed by atoms with Crippen molar-refractivity contribution in [1.82, 2.24) is 5.32 Å². The Hall–Kier alpha value is -2.32. The number of aliphatic hydroxyl groups is 1. The van der Waals surface area contributed by atoms with Gasteiger partial charge < -0.3 is 28.8 Å². The van der Waals surface area contributed by atoms with Crippen LogP contribution in [0.15, 0.2) is 85.1 Å². The second-order valence-electron chi connectivity index (χ2n) is 27.0. The number of carbonyl (C=O) groups is 1. The van der Waals surface area contributed by atoms with Gasteiger partial charge in [0.2, 0.25) is 5.91 Å². The van der Waals surface area contributed by atoms with Crippen molar-refractivity contribution in [2.75, 3.05) is 40.9 Å². The third-order valence-electron chi connectivity index (χ3n) is 17.1. The Morgan fingerprint density at radius 2 is 0.693 bits per heavy atom. The number of nitrogens with zero attached hydrogens (tertiary/aromatic N) is 1. The summed E-state index contributed by atoms with van der Waals surface area (Å²) < 4.78 is 23.6. The van der Waals surface area contributed by atoms with Gasteiger partial charge in [0, 0.05) is 6.42 Å². The molecule has 2 N–H and O–H groups in total. The van der Waals surface area contributed by atoms with Crippen molar-refractivity contribution in [3.8, 4) is 0 Å². The Kier molecular flexibility index (Phi) is 67.2. The summed E-state index contributed by atoms with van der Waals surface area (Å²) in [6.07, 6.45) is 98.2. The van der Waals surface area contributed by atoms with E-state index in [-0.39, 0.29) is 19.1 Å². The predicted molar refractivity (Wildman–Crippen MR) is 385 cm³/mol. The minimum atomic E-state index is -4.59. The molecule has 0 fully saturated rings. The molecule has 1 amide bonds. The fourth-order valence-electron chi connectivity index (χ4n) is 11.3. The van der Waals surface area contributed by atoms with Crippen molar-refractivity contribution in [2.24, 2.45) is 0 Å². The molecule has 0 saturated carbocycles. The minimum absolute atomic E-state index is 0.0103. The average Bonchev–Trinajstić information content (AvgIpc) is 3.64. The first-order valence-electron chi connectivity index (χ1n) is 37.9. The number of hydrogen-bond donors (Lipinski definition) is 2. The summed E-state index contributed by atoms with van der Waals surface area (Å²) in [5.41, 5.74) is 0. The first-order chi connectivity index (χ1) is 43.0. The van der Waals surface area contributed by atoms with Crippen molar-refractivity contribution < 1.29 is 32.9 Å². The molecule has 8 nitrogen and oxygen atoms in total. The number of aliphatic hydroxyl groups excluding tert-OH is 1. The maximum Gasteiger partial charge on any atom is 0.268 e. The van der Waals surface area contributed by atoms with Crippen molar-refractivity contribution in [1.29, 1.82) is 0 Å². The summed E-state index contributed by atoms with van der Waals surface area (Å²) in [5, 5.41) is 14.1. The lowest BCUT2D eigenvalue weighted by Gasteiger charge is -2.30. The number of unbranched alkanes of at least 4 members (excludes halogenated alkanes) is 43. The molecule has 9 heteroatoms. The maximum atomic E-state index is 13.1. The third kappa shape index (κ3) is 71.1. The molecule has 514 valence electrons. The Labute approximate surface area is 547 Å². The van der Waals surface area contributed by atoms with Gasteiger partial charge in [-0.05, 0) is 70.6 Å². The van der Waals surface area contributed by atoms with Gasteiger partial charge in [0.15, 0.2) is 0 Å². The zero-order valence-electron chi connectivity index (χ0n) is 58.9. The van der Waals surface area contributed by atoms with Gasteiger partial charge >= 0.3 is 0 Å². The van der Waals surface area contributed by atoms with Gasteiger partial charge in [-0.15, -0.1) is 0 Å². The van der Waals surface area contributed by atoms with Crippen LogP contribution in [0.3, 0.4) is 0 Å². The van der Waals surface area contributed by atoms with Crippen LogP contribution in [-0.4, -0.2) is 68.5 Å². The largest absolute Gasteiger partial charge is 0.756 e. The Balaban J connectivity index is 4.01. The van der Waals surface area contributed by atoms with Crippen LogP contribution in [0.2, 0.25) is 0 Å². The molecule has 0 aromatic heterocycles. The molecule has 0 aliphatic heterocycles. The van der Waals surface area contributed by atoms with Gasteiger partial charge in [-0.2, -0.15) is 0 Å². The van der Waals surface area contributed by atoms with E-state index in [0.29, 0.717) is 23.9 Å². The monoisotopic (exact) mass is 1250 g/mol. The van der Waals surface area contributed by atoms with Gasteiger partial charge in [0.25, 0.3) is 7.82 Å². The molecule has 0 aliphatic rings. The summed E-state index contributed by atoms with van der Waals surface area (Å²) in [6, 6.07) is -0.808. The van der Waals surface area contributed by atoms with E-state index in [0.717, 1.165) is 83.5 Å². The van der Waals surface area contributed by atoms with Gasteiger partial charge in [-0.3, -0.25) is 9.36 Å². The van der Waals surface area contributed by atoms with Crippen LogP contribution in [0.5, 0.6) is 0 Å². The number of phosphoric ester groups is 1. The molecule has 0 bridgehead atoms. The van der Waals surface area contributed by atoms with E-state index in [4.69, 9.17) is 9.05 Å². The highest BCUT2D eigenvalue weighted by atomic mass is 31.2. The number of rotatable bonds is 70. The Bertz CT molecular complexity index is 1710. The molecule has 0 rings (SSSR count). The minimum Gasteiger partial charge on any atom is -0.756 e. The SMILES string of the molecule is CC/C=C\C/C=C\C/C=C\C/C=C\C/C=C\C/C=C\C/C=C\CCCCCCCCCCCCCCCC(=O)NC(COP(=O)([O-])OCC[N+](C)(C)C)C(O)CCCCCCCCCCCCCCCCCCCCCCCCCCCCCCCCC. The molecular weight excluding hydrogens is 1100 g/mol.